The number of primary amides is 1. The van der Waals surface area contributed by atoms with Gasteiger partial charge in [0.1, 0.15) is 12.3 Å². The predicted octanol–water partition coefficient (Wildman–Crippen LogP) is 0.885. The average Bonchev–Trinajstić information content (AvgIpc) is 2.33. The van der Waals surface area contributed by atoms with Gasteiger partial charge >= 0.3 is 0 Å². The number of rotatable bonds is 4. The van der Waals surface area contributed by atoms with E-state index in [0.717, 1.165) is 0 Å². The summed E-state index contributed by atoms with van der Waals surface area (Å²) in [5.41, 5.74) is 5.70. The van der Waals surface area contributed by atoms with Crippen LogP contribution < -0.4 is 15.9 Å². The summed E-state index contributed by atoms with van der Waals surface area (Å²) in [5, 5.41) is 0.518. The number of fused-ring (bicyclic) bond motifs is 1. The molecular formula is C13H14N2O3. The molecule has 0 saturated carbocycles. The quantitative estimate of drug-likeness (QED) is 0.870. The van der Waals surface area contributed by atoms with E-state index >= 15 is 0 Å². The zero-order chi connectivity index (χ0) is 13.1. The molecule has 0 unspecified atom stereocenters. The van der Waals surface area contributed by atoms with Crippen molar-refractivity contribution in [1.29, 1.82) is 0 Å². The van der Waals surface area contributed by atoms with E-state index in [9.17, 15) is 9.59 Å². The lowest BCUT2D eigenvalue weighted by Crippen LogP contribution is -2.20. The van der Waals surface area contributed by atoms with E-state index in [4.69, 9.17) is 10.5 Å². The first-order valence-electron chi connectivity index (χ1n) is 5.66. The van der Waals surface area contributed by atoms with E-state index in [0.29, 0.717) is 23.3 Å². The number of nitrogens with zero attached hydrogens (tertiary/aromatic N) is 1. The number of amides is 1. The van der Waals surface area contributed by atoms with Gasteiger partial charge in [0.15, 0.2) is 5.43 Å². The second-order valence-electron chi connectivity index (χ2n) is 3.86. The zero-order valence-electron chi connectivity index (χ0n) is 10.1. The van der Waals surface area contributed by atoms with Crippen LogP contribution >= 0.6 is 0 Å². The summed E-state index contributed by atoms with van der Waals surface area (Å²) in [5.74, 6) is 0.111. The molecule has 0 fully saturated rings. The largest absolute Gasteiger partial charge is 0.492 e. The van der Waals surface area contributed by atoms with Crippen molar-refractivity contribution in [2.24, 2.45) is 5.73 Å². The molecule has 18 heavy (non-hydrogen) atoms. The fourth-order valence-electron chi connectivity index (χ4n) is 1.91. The molecule has 1 amide bonds. The van der Waals surface area contributed by atoms with Gasteiger partial charge in [-0.25, -0.2) is 0 Å². The van der Waals surface area contributed by atoms with Gasteiger partial charge in [-0.05, 0) is 19.1 Å². The number of para-hydroxylation sites is 1. The number of pyridine rings is 1. The Morgan fingerprint density at radius 1 is 1.39 bits per heavy atom. The number of carbonyl (C=O) groups is 1. The molecule has 5 nitrogen and oxygen atoms in total. The van der Waals surface area contributed by atoms with Crippen molar-refractivity contribution in [2.75, 3.05) is 6.61 Å². The highest BCUT2D eigenvalue weighted by molar-refractivity contribution is 5.86. The van der Waals surface area contributed by atoms with Crippen LogP contribution in [0.3, 0.4) is 0 Å². The van der Waals surface area contributed by atoms with Gasteiger partial charge in [0, 0.05) is 17.6 Å². The third-order valence-corrected chi connectivity index (χ3v) is 2.58. The molecule has 2 aromatic rings. The summed E-state index contributed by atoms with van der Waals surface area (Å²) in [6.07, 6.45) is 1.55. The maximum atomic E-state index is 11.8. The van der Waals surface area contributed by atoms with Gasteiger partial charge in [-0.3, -0.25) is 9.59 Å². The Labute approximate surface area is 104 Å². The summed E-state index contributed by atoms with van der Waals surface area (Å²) < 4.78 is 7.11. The first-order chi connectivity index (χ1) is 8.63. The van der Waals surface area contributed by atoms with Crippen molar-refractivity contribution in [1.82, 2.24) is 4.57 Å². The highest BCUT2D eigenvalue weighted by Gasteiger charge is 2.09. The molecule has 0 spiro atoms. The minimum atomic E-state index is -0.466. The highest BCUT2D eigenvalue weighted by atomic mass is 16.5. The molecule has 2 N–H and O–H groups in total. The molecule has 0 aliphatic rings. The molecule has 5 heteroatoms. The van der Waals surface area contributed by atoms with E-state index in [1.165, 1.54) is 6.07 Å². The molecule has 1 heterocycles. The van der Waals surface area contributed by atoms with Crippen LogP contribution in [0.4, 0.5) is 0 Å². The number of hydrogen-bond donors (Lipinski definition) is 1. The fraction of sp³-hybridized carbons (Fsp3) is 0.231. The third kappa shape index (κ3) is 2.20. The topological polar surface area (TPSA) is 74.3 Å². The average molecular weight is 246 g/mol. The monoisotopic (exact) mass is 246 g/mol. The van der Waals surface area contributed by atoms with Gasteiger partial charge in [-0.15, -0.1) is 0 Å². The predicted molar refractivity (Wildman–Crippen MR) is 68.6 cm³/mol. The molecule has 0 aliphatic heterocycles. The number of nitrogens with two attached hydrogens (primary N) is 1. The molecule has 1 aromatic carbocycles. The summed E-state index contributed by atoms with van der Waals surface area (Å²) in [4.78, 5) is 22.8. The Hall–Kier alpha value is -2.30. The molecule has 94 valence electrons. The number of carbonyl (C=O) groups excluding carboxylic acids is 1. The smallest absolute Gasteiger partial charge is 0.237 e. The number of benzene rings is 1. The molecule has 0 atom stereocenters. The van der Waals surface area contributed by atoms with Crippen LogP contribution in [0.1, 0.15) is 6.92 Å². The Bertz CT molecular complexity index is 646. The Kier molecular flexibility index (Phi) is 3.32. The number of aromatic nitrogens is 1. The van der Waals surface area contributed by atoms with Gasteiger partial charge in [0.05, 0.1) is 12.1 Å². The highest BCUT2D eigenvalue weighted by Crippen LogP contribution is 2.23. The lowest BCUT2D eigenvalue weighted by atomic mass is 10.2. The van der Waals surface area contributed by atoms with E-state index in [-0.39, 0.29) is 12.0 Å². The van der Waals surface area contributed by atoms with Gasteiger partial charge in [0.2, 0.25) is 5.91 Å². The zero-order valence-corrected chi connectivity index (χ0v) is 10.1. The van der Waals surface area contributed by atoms with Crippen LogP contribution in [0.15, 0.2) is 35.3 Å². The van der Waals surface area contributed by atoms with Crippen LogP contribution in [0, 0.1) is 0 Å². The standard InChI is InChI=1S/C13H14N2O3/c1-2-18-11-5-3-4-9-10(16)6-7-15(13(9)11)8-12(14)17/h3-7H,2,8H2,1H3,(H2,14,17). The number of hydrogen-bond acceptors (Lipinski definition) is 3. The Morgan fingerprint density at radius 2 is 2.17 bits per heavy atom. The fourth-order valence-corrected chi connectivity index (χ4v) is 1.91. The second kappa shape index (κ2) is 4.91. The van der Waals surface area contributed by atoms with Gasteiger partial charge in [-0.2, -0.15) is 0 Å². The maximum Gasteiger partial charge on any atom is 0.237 e. The molecule has 1 aromatic heterocycles. The molecule has 0 aliphatic carbocycles. The van der Waals surface area contributed by atoms with Gasteiger partial charge < -0.3 is 15.0 Å². The van der Waals surface area contributed by atoms with Crippen LogP contribution in [-0.2, 0) is 11.3 Å². The van der Waals surface area contributed by atoms with Crippen molar-refractivity contribution in [3.05, 3.63) is 40.7 Å². The van der Waals surface area contributed by atoms with E-state index in [1.807, 2.05) is 6.92 Å². The second-order valence-corrected chi connectivity index (χ2v) is 3.86. The summed E-state index contributed by atoms with van der Waals surface area (Å²) in [6, 6.07) is 6.64. The maximum absolute atomic E-state index is 11.8. The van der Waals surface area contributed by atoms with Crippen LogP contribution in [0.5, 0.6) is 5.75 Å². The lowest BCUT2D eigenvalue weighted by molar-refractivity contribution is -0.118. The Morgan fingerprint density at radius 3 is 2.83 bits per heavy atom. The first-order valence-corrected chi connectivity index (χ1v) is 5.66. The van der Waals surface area contributed by atoms with E-state index in [1.54, 1.807) is 29.0 Å². The molecule has 0 radical (unpaired) electrons. The van der Waals surface area contributed by atoms with Crippen LogP contribution in [0.2, 0.25) is 0 Å². The van der Waals surface area contributed by atoms with E-state index in [2.05, 4.69) is 0 Å². The van der Waals surface area contributed by atoms with Crippen molar-refractivity contribution >= 4 is 16.8 Å². The summed E-state index contributed by atoms with van der Waals surface area (Å²) in [6.45, 7) is 2.36. The van der Waals surface area contributed by atoms with Gasteiger partial charge in [0.25, 0.3) is 0 Å². The van der Waals surface area contributed by atoms with Crippen LogP contribution in [-0.4, -0.2) is 17.1 Å². The van der Waals surface area contributed by atoms with Crippen molar-refractivity contribution in [2.45, 2.75) is 13.5 Å². The first kappa shape index (κ1) is 12.2. The van der Waals surface area contributed by atoms with Crippen molar-refractivity contribution in [3.63, 3.8) is 0 Å². The SMILES string of the molecule is CCOc1cccc2c(=O)ccn(CC(N)=O)c12. The van der Waals surface area contributed by atoms with E-state index < -0.39 is 5.91 Å². The molecule has 2 rings (SSSR count). The minimum absolute atomic E-state index is 0.0147. The molecule has 0 bridgehead atoms. The Balaban J connectivity index is 2.74. The van der Waals surface area contributed by atoms with Crippen LogP contribution in [0.25, 0.3) is 10.9 Å². The summed E-state index contributed by atoms with van der Waals surface area (Å²) >= 11 is 0. The minimum Gasteiger partial charge on any atom is -0.492 e. The lowest BCUT2D eigenvalue weighted by Gasteiger charge is -2.13. The molecule has 0 saturated heterocycles. The third-order valence-electron chi connectivity index (χ3n) is 2.58. The number of ether oxygens (including phenoxy) is 1. The summed E-state index contributed by atoms with van der Waals surface area (Å²) in [7, 11) is 0. The normalized spacial score (nSPS) is 10.5. The molecular weight excluding hydrogens is 232 g/mol. The van der Waals surface area contributed by atoms with Gasteiger partial charge in [-0.1, -0.05) is 6.07 Å². The van der Waals surface area contributed by atoms with Crippen molar-refractivity contribution in [3.8, 4) is 5.75 Å². The van der Waals surface area contributed by atoms with Crippen molar-refractivity contribution < 1.29 is 9.53 Å².